The molecule has 7 nitrogen and oxygen atoms in total. The highest BCUT2D eigenvalue weighted by Gasteiger charge is 2.47. The standard InChI is InChI=1S/C24H31FN6O/c25-21-11-22-20(23(30-29-22)24(32)28-18-5-4-6-26-14-18)10-19(21)17-9-16(12-27-13-17)15-31-7-2-1-3-8-31/h4-6,9,12-14,19-23,29-30H,1-3,7-8,10-11,15H2,(H,28,32). The summed E-state index contributed by atoms with van der Waals surface area (Å²) in [7, 11) is 0. The Hall–Kier alpha value is -2.42. The molecule has 1 aliphatic carbocycles. The summed E-state index contributed by atoms with van der Waals surface area (Å²) in [4.78, 5) is 23.9. The first-order chi connectivity index (χ1) is 15.7. The summed E-state index contributed by atoms with van der Waals surface area (Å²) < 4.78 is 15.2. The van der Waals surface area contributed by atoms with E-state index < -0.39 is 12.2 Å². The Morgan fingerprint density at radius 2 is 2.00 bits per heavy atom. The molecule has 4 heterocycles. The van der Waals surface area contributed by atoms with Crippen LogP contribution >= 0.6 is 0 Å². The van der Waals surface area contributed by atoms with Crippen LogP contribution in [0.4, 0.5) is 10.1 Å². The van der Waals surface area contributed by atoms with Crippen molar-refractivity contribution in [2.75, 3.05) is 18.4 Å². The lowest BCUT2D eigenvalue weighted by molar-refractivity contribution is -0.119. The molecule has 5 unspecified atom stereocenters. The normalized spacial score (nSPS) is 30.6. The second kappa shape index (κ2) is 9.60. The molecular formula is C24H31FN6O. The second-order valence-corrected chi connectivity index (χ2v) is 9.32. The minimum Gasteiger partial charge on any atom is -0.323 e. The maximum atomic E-state index is 15.2. The molecule has 1 amide bonds. The van der Waals surface area contributed by atoms with Gasteiger partial charge in [0.05, 0.1) is 11.9 Å². The van der Waals surface area contributed by atoms with Gasteiger partial charge in [-0.1, -0.05) is 12.5 Å². The molecule has 0 radical (unpaired) electrons. The van der Waals surface area contributed by atoms with Crippen molar-refractivity contribution in [3.63, 3.8) is 0 Å². The Morgan fingerprint density at radius 3 is 2.81 bits per heavy atom. The van der Waals surface area contributed by atoms with Crippen LogP contribution < -0.4 is 16.2 Å². The van der Waals surface area contributed by atoms with E-state index in [2.05, 4.69) is 37.1 Å². The van der Waals surface area contributed by atoms with Gasteiger partial charge in [0.15, 0.2) is 0 Å². The number of nitrogens with zero attached hydrogens (tertiary/aromatic N) is 3. The first-order valence-corrected chi connectivity index (χ1v) is 11.7. The van der Waals surface area contributed by atoms with E-state index in [1.165, 1.54) is 19.3 Å². The Morgan fingerprint density at radius 1 is 1.12 bits per heavy atom. The summed E-state index contributed by atoms with van der Waals surface area (Å²) in [6, 6.07) is 5.24. The molecule has 170 valence electrons. The summed E-state index contributed by atoms with van der Waals surface area (Å²) in [5, 5.41) is 2.92. The number of alkyl halides is 1. The summed E-state index contributed by atoms with van der Waals surface area (Å²) in [6.45, 7) is 3.11. The third-order valence-electron chi connectivity index (χ3n) is 7.12. The smallest absolute Gasteiger partial charge is 0.243 e. The lowest BCUT2D eigenvalue weighted by Crippen LogP contribution is -2.43. The van der Waals surface area contributed by atoms with Gasteiger partial charge in [-0.15, -0.1) is 0 Å². The molecule has 2 aliphatic heterocycles. The number of carbonyl (C=O) groups is 1. The van der Waals surface area contributed by atoms with E-state index in [1.807, 2.05) is 12.3 Å². The topological polar surface area (TPSA) is 82.2 Å². The van der Waals surface area contributed by atoms with Crippen LogP contribution in [0.1, 0.15) is 49.1 Å². The maximum absolute atomic E-state index is 15.2. The van der Waals surface area contributed by atoms with Gasteiger partial charge in [-0.3, -0.25) is 25.1 Å². The van der Waals surface area contributed by atoms with Gasteiger partial charge < -0.3 is 5.32 Å². The average molecular weight is 439 g/mol. The van der Waals surface area contributed by atoms with Gasteiger partial charge in [0.2, 0.25) is 5.91 Å². The summed E-state index contributed by atoms with van der Waals surface area (Å²) in [5.41, 5.74) is 9.01. The Balaban J connectivity index is 1.28. The van der Waals surface area contributed by atoms with E-state index in [0.717, 1.165) is 30.8 Å². The van der Waals surface area contributed by atoms with Crippen LogP contribution in [0.15, 0.2) is 43.0 Å². The number of aromatic nitrogens is 2. The third-order valence-corrected chi connectivity index (χ3v) is 7.12. The zero-order valence-electron chi connectivity index (χ0n) is 18.2. The lowest BCUT2D eigenvalue weighted by atomic mass is 9.72. The fraction of sp³-hybridized carbons (Fsp3) is 0.542. The average Bonchev–Trinajstić information content (AvgIpc) is 3.23. The van der Waals surface area contributed by atoms with Gasteiger partial charge in [-0.25, -0.2) is 9.82 Å². The molecule has 5 atom stereocenters. The van der Waals surface area contributed by atoms with Gasteiger partial charge in [0.1, 0.15) is 12.2 Å². The highest BCUT2D eigenvalue weighted by atomic mass is 19.1. The molecule has 3 fully saturated rings. The molecule has 2 saturated heterocycles. The summed E-state index contributed by atoms with van der Waals surface area (Å²) in [5.74, 6) is -0.360. The predicted octanol–water partition coefficient (Wildman–Crippen LogP) is 2.78. The van der Waals surface area contributed by atoms with E-state index >= 15 is 4.39 Å². The Bertz CT molecular complexity index is 922. The number of fused-ring (bicyclic) bond motifs is 1. The van der Waals surface area contributed by atoms with Crippen molar-refractivity contribution < 1.29 is 9.18 Å². The number of hydrazine groups is 1. The van der Waals surface area contributed by atoms with E-state index in [4.69, 9.17) is 0 Å². The number of hydrogen-bond donors (Lipinski definition) is 3. The summed E-state index contributed by atoms with van der Waals surface area (Å²) >= 11 is 0. The molecule has 8 heteroatoms. The molecule has 3 aliphatic rings. The van der Waals surface area contributed by atoms with Gasteiger partial charge in [-0.05, 0) is 62.0 Å². The van der Waals surface area contributed by atoms with Gasteiger partial charge in [0.25, 0.3) is 0 Å². The molecule has 2 aromatic rings. The predicted molar refractivity (Wildman–Crippen MR) is 120 cm³/mol. The van der Waals surface area contributed by atoms with E-state index in [9.17, 15) is 4.79 Å². The molecule has 0 aromatic carbocycles. The van der Waals surface area contributed by atoms with Gasteiger partial charge >= 0.3 is 0 Å². The quantitative estimate of drug-likeness (QED) is 0.666. The highest BCUT2D eigenvalue weighted by Crippen LogP contribution is 2.41. The number of nitrogens with one attached hydrogen (secondary N) is 3. The molecule has 0 spiro atoms. The number of halogens is 1. The van der Waals surface area contributed by atoms with Crippen molar-refractivity contribution in [3.8, 4) is 0 Å². The number of pyridine rings is 2. The SMILES string of the molecule is O=C(Nc1cccnc1)C1NNC2CC(F)C(c3cncc(CN4CCCCC4)c3)CC21. The largest absolute Gasteiger partial charge is 0.323 e. The van der Waals surface area contributed by atoms with Crippen LogP contribution in [0.3, 0.4) is 0 Å². The third kappa shape index (κ3) is 4.67. The molecule has 32 heavy (non-hydrogen) atoms. The van der Waals surface area contributed by atoms with Crippen molar-refractivity contribution in [2.45, 2.75) is 62.8 Å². The first kappa shape index (κ1) is 21.4. The second-order valence-electron chi connectivity index (χ2n) is 9.32. The van der Waals surface area contributed by atoms with Crippen molar-refractivity contribution in [3.05, 3.63) is 54.1 Å². The monoisotopic (exact) mass is 438 g/mol. The number of rotatable bonds is 5. The van der Waals surface area contributed by atoms with Crippen molar-refractivity contribution >= 4 is 11.6 Å². The fourth-order valence-electron chi connectivity index (χ4n) is 5.46. The van der Waals surface area contributed by atoms with E-state index in [0.29, 0.717) is 18.5 Å². The van der Waals surface area contributed by atoms with E-state index in [1.54, 1.807) is 24.7 Å². The number of likely N-dealkylation sites (tertiary alicyclic amines) is 1. The highest BCUT2D eigenvalue weighted by molar-refractivity contribution is 5.95. The zero-order valence-corrected chi connectivity index (χ0v) is 18.2. The van der Waals surface area contributed by atoms with Crippen LogP contribution in [0.2, 0.25) is 0 Å². The number of piperidine rings is 1. The molecule has 1 saturated carbocycles. The van der Waals surface area contributed by atoms with Crippen LogP contribution in [-0.4, -0.2) is 52.1 Å². The van der Waals surface area contributed by atoms with Crippen molar-refractivity contribution in [2.24, 2.45) is 5.92 Å². The molecule has 5 rings (SSSR count). The minimum absolute atomic E-state index is 0.00872. The minimum atomic E-state index is -0.960. The van der Waals surface area contributed by atoms with Crippen LogP contribution in [0.25, 0.3) is 0 Å². The molecule has 3 N–H and O–H groups in total. The summed E-state index contributed by atoms with van der Waals surface area (Å²) in [6.07, 6.45) is 10.8. The molecule has 2 aromatic heterocycles. The van der Waals surface area contributed by atoms with E-state index in [-0.39, 0.29) is 23.8 Å². The Labute approximate surface area is 188 Å². The Kier molecular flexibility index (Phi) is 6.43. The molecule has 0 bridgehead atoms. The maximum Gasteiger partial charge on any atom is 0.243 e. The van der Waals surface area contributed by atoms with Crippen LogP contribution in [-0.2, 0) is 11.3 Å². The van der Waals surface area contributed by atoms with Crippen molar-refractivity contribution in [1.82, 2.24) is 25.7 Å². The van der Waals surface area contributed by atoms with Crippen molar-refractivity contribution in [1.29, 1.82) is 0 Å². The number of hydrogen-bond acceptors (Lipinski definition) is 6. The number of carbonyl (C=O) groups excluding carboxylic acids is 1. The van der Waals surface area contributed by atoms with Gasteiger partial charge in [-0.2, -0.15) is 0 Å². The number of anilines is 1. The van der Waals surface area contributed by atoms with Crippen LogP contribution in [0.5, 0.6) is 0 Å². The lowest BCUT2D eigenvalue weighted by Gasteiger charge is -2.35. The van der Waals surface area contributed by atoms with Gasteiger partial charge in [0, 0.05) is 43.0 Å². The van der Waals surface area contributed by atoms with Crippen LogP contribution in [0, 0.1) is 5.92 Å². The zero-order chi connectivity index (χ0) is 21.9. The number of amides is 1. The fourth-order valence-corrected chi connectivity index (χ4v) is 5.46. The molecular weight excluding hydrogens is 407 g/mol. The first-order valence-electron chi connectivity index (χ1n) is 11.7.